The first-order valence-electron chi connectivity index (χ1n) is 9.47. The maximum Gasteiger partial charge on any atom is 0.226 e. The van der Waals surface area contributed by atoms with Crippen LogP contribution in [0.25, 0.3) is 0 Å². The Morgan fingerprint density at radius 2 is 1.83 bits per heavy atom. The van der Waals surface area contributed by atoms with Crippen LogP contribution in [0.15, 0.2) is 12.2 Å². The summed E-state index contributed by atoms with van der Waals surface area (Å²) in [7, 11) is 0. The van der Waals surface area contributed by atoms with E-state index in [0.717, 1.165) is 12.3 Å². The molecule has 1 saturated carbocycles. The Balaban J connectivity index is 1.55. The predicted molar refractivity (Wildman–Crippen MR) is 92.3 cm³/mol. The van der Waals surface area contributed by atoms with Crippen LogP contribution in [0.1, 0.15) is 45.4 Å². The van der Waals surface area contributed by atoms with Crippen molar-refractivity contribution in [1.82, 2.24) is 10.2 Å². The van der Waals surface area contributed by atoms with Gasteiger partial charge in [-0.05, 0) is 38.5 Å². The van der Waals surface area contributed by atoms with E-state index in [1.165, 1.54) is 19.3 Å². The smallest absolute Gasteiger partial charge is 0.226 e. The molecule has 24 heavy (non-hydrogen) atoms. The second kappa shape index (κ2) is 8.15. The maximum absolute atomic E-state index is 12.8. The fourth-order valence-corrected chi connectivity index (χ4v) is 3.71. The third kappa shape index (κ3) is 4.59. The molecule has 5 nitrogen and oxygen atoms in total. The number of hydrogen-bond donors (Lipinski definition) is 1. The topological polar surface area (TPSA) is 58.6 Å². The Hall–Kier alpha value is -1.36. The Kier molecular flexibility index (Phi) is 5.93. The highest BCUT2D eigenvalue weighted by Gasteiger charge is 2.37. The molecule has 1 aliphatic heterocycles. The van der Waals surface area contributed by atoms with E-state index in [0.29, 0.717) is 39.1 Å². The third-order valence-corrected chi connectivity index (χ3v) is 5.50. The number of carbonyl (C=O) groups excluding carboxylic acids is 2. The lowest BCUT2D eigenvalue weighted by molar-refractivity contribution is -0.145. The summed E-state index contributed by atoms with van der Waals surface area (Å²) in [5, 5.41) is 3.15. The van der Waals surface area contributed by atoms with Crippen molar-refractivity contribution in [2.75, 3.05) is 26.3 Å². The molecule has 1 saturated heterocycles. The number of hydrogen-bond acceptors (Lipinski definition) is 3. The largest absolute Gasteiger partial charge is 0.378 e. The number of morpholine rings is 1. The molecule has 134 valence electrons. The van der Waals surface area contributed by atoms with Gasteiger partial charge in [-0.15, -0.1) is 0 Å². The van der Waals surface area contributed by atoms with Gasteiger partial charge in [0.1, 0.15) is 0 Å². The molecule has 2 aliphatic carbocycles. The molecule has 2 fully saturated rings. The second-order valence-electron chi connectivity index (χ2n) is 7.52. The van der Waals surface area contributed by atoms with E-state index in [2.05, 4.69) is 12.2 Å². The number of rotatable bonds is 6. The number of carbonyl (C=O) groups is 2. The van der Waals surface area contributed by atoms with Gasteiger partial charge in [0.25, 0.3) is 0 Å². The van der Waals surface area contributed by atoms with Gasteiger partial charge in [0, 0.05) is 19.1 Å². The van der Waals surface area contributed by atoms with Crippen molar-refractivity contribution in [1.29, 1.82) is 0 Å². The minimum Gasteiger partial charge on any atom is -0.378 e. The SMILES string of the molecule is C[C@H](CCC1CC1)NC(=O)[C@H]1CC=CC[C@@H]1C(=O)N1CCOCC1. The quantitative estimate of drug-likeness (QED) is 0.757. The van der Waals surface area contributed by atoms with Crippen LogP contribution in [0, 0.1) is 17.8 Å². The molecule has 1 N–H and O–H groups in total. The monoisotopic (exact) mass is 334 g/mol. The molecule has 0 radical (unpaired) electrons. The fraction of sp³-hybridized carbons (Fsp3) is 0.789. The first-order valence-corrected chi connectivity index (χ1v) is 9.47. The molecule has 0 aromatic carbocycles. The van der Waals surface area contributed by atoms with E-state index in [1.54, 1.807) is 0 Å². The summed E-state index contributed by atoms with van der Waals surface area (Å²) in [6.07, 6.45) is 10.4. The van der Waals surface area contributed by atoms with Crippen LogP contribution in [0.3, 0.4) is 0 Å². The molecule has 0 aromatic heterocycles. The molecular weight excluding hydrogens is 304 g/mol. The van der Waals surface area contributed by atoms with Gasteiger partial charge in [0.2, 0.25) is 11.8 Å². The summed E-state index contributed by atoms with van der Waals surface area (Å²) in [5.41, 5.74) is 0. The Morgan fingerprint density at radius 1 is 1.17 bits per heavy atom. The normalized spacial score (nSPS) is 28.5. The molecule has 5 heteroatoms. The maximum atomic E-state index is 12.8. The summed E-state index contributed by atoms with van der Waals surface area (Å²) in [5.74, 6) is 0.609. The van der Waals surface area contributed by atoms with Crippen LogP contribution in [0.2, 0.25) is 0 Å². The van der Waals surface area contributed by atoms with E-state index in [-0.39, 0.29) is 29.7 Å². The zero-order valence-corrected chi connectivity index (χ0v) is 14.7. The number of amides is 2. The standard InChI is InChI=1S/C19H30N2O3/c1-14(6-7-15-8-9-15)20-18(22)16-4-2-3-5-17(16)19(23)21-10-12-24-13-11-21/h2-3,14-17H,4-13H2,1H3,(H,20,22)/t14-,16+,17+/m1/s1. The van der Waals surface area contributed by atoms with Crippen LogP contribution >= 0.6 is 0 Å². The Bertz CT molecular complexity index is 481. The average molecular weight is 334 g/mol. The average Bonchev–Trinajstić information content (AvgIpc) is 3.44. The Morgan fingerprint density at radius 3 is 2.50 bits per heavy atom. The second-order valence-corrected chi connectivity index (χ2v) is 7.52. The van der Waals surface area contributed by atoms with Crippen molar-refractivity contribution in [3.8, 4) is 0 Å². The molecule has 1 heterocycles. The van der Waals surface area contributed by atoms with Gasteiger partial charge >= 0.3 is 0 Å². The van der Waals surface area contributed by atoms with Crippen LogP contribution < -0.4 is 5.32 Å². The van der Waals surface area contributed by atoms with Gasteiger partial charge in [-0.3, -0.25) is 9.59 Å². The highest BCUT2D eigenvalue weighted by atomic mass is 16.5. The van der Waals surface area contributed by atoms with Crippen LogP contribution in [0.4, 0.5) is 0 Å². The molecule has 3 aliphatic rings. The molecule has 0 bridgehead atoms. The van der Waals surface area contributed by atoms with E-state index >= 15 is 0 Å². The third-order valence-electron chi connectivity index (χ3n) is 5.50. The molecule has 0 aromatic rings. The first-order chi connectivity index (χ1) is 11.6. The Labute approximate surface area is 144 Å². The van der Waals surface area contributed by atoms with Crippen molar-refractivity contribution in [2.24, 2.45) is 17.8 Å². The van der Waals surface area contributed by atoms with Gasteiger partial charge in [-0.2, -0.15) is 0 Å². The zero-order valence-electron chi connectivity index (χ0n) is 14.7. The highest BCUT2D eigenvalue weighted by molar-refractivity contribution is 5.88. The molecule has 2 amide bonds. The van der Waals surface area contributed by atoms with E-state index in [4.69, 9.17) is 4.74 Å². The van der Waals surface area contributed by atoms with Crippen molar-refractivity contribution >= 4 is 11.8 Å². The number of nitrogens with one attached hydrogen (secondary N) is 1. The minimum absolute atomic E-state index is 0.0502. The number of ether oxygens (including phenoxy) is 1. The fourth-order valence-electron chi connectivity index (χ4n) is 3.71. The van der Waals surface area contributed by atoms with E-state index in [9.17, 15) is 9.59 Å². The van der Waals surface area contributed by atoms with Crippen molar-refractivity contribution < 1.29 is 14.3 Å². The van der Waals surface area contributed by atoms with Crippen LogP contribution in [0.5, 0.6) is 0 Å². The van der Waals surface area contributed by atoms with Gasteiger partial charge in [0.05, 0.1) is 25.0 Å². The molecular formula is C19H30N2O3. The summed E-state index contributed by atoms with van der Waals surface area (Å²) in [6.45, 7) is 4.57. The zero-order chi connectivity index (χ0) is 16.9. The molecule has 3 atom stereocenters. The molecule has 0 unspecified atom stereocenters. The molecule has 0 spiro atoms. The first kappa shape index (κ1) is 17.5. The van der Waals surface area contributed by atoms with Crippen molar-refractivity contribution in [3.05, 3.63) is 12.2 Å². The highest BCUT2D eigenvalue weighted by Crippen LogP contribution is 2.34. The lowest BCUT2D eigenvalue weighted by atomic mass is 9.81. The number of allylic oxidation sites excluding steroid dienone is 2. The van der Waals surface area contributed by atoms with Gasteiger partial charge in [-0.25, -0.2) is 0 Å². The molecule has 3 rings (SSSR count). The summed E-state index contributed by atoms with van der Waals surface area (Å²) in [4.78, 5) is 27.4. The summed E-state index contributed by atoms with van der Waals surface area (Å²) < 4.78 is 5.33. The lowest BCUT2D eigenvalue weighted by Crippen LogP contribution is -2.49. The van der Waals surface area contributed by atoms with Crippen molar-refractivity contribution in [2.45, 2.75) is 51.5 Å². The van der Waals surface area contributed by atoms with E-state index < -0.39 is 0 Å². The van der Waals surface area contributed by atoms with Crippen molar-refractivity contribution in [3.63, 3.8) is 0 Å². The van der Waals surface area contributed by atoms with Crippen LogP contribution in [-0.4, -0.2) is 49.1 Å². The predicted octanol–water partition coefficient (Wildman–Crippen LogP) is 2.12. The van der Waals surface area contributed by atoms with Crippen LogP contribution in [-0.2, 0) is 14.3 Å². The van der Waals surface area contributed by atoms with Gasteiger partial charge in [0.15, 0.2) is 0 Å². The number of nitrogens with zero attached hydrogens (tertiary/aromatic N) is 1. The van der Waals surface area contributed by atoms with E-state index in [1.807, 2.05) is 17.1 Å². The summed E-state index contributed by atoms with van der Waals surface area (Å²) in [6, 6.07) is 0.197. The van der Waals surface area contributed by atoms with Gasteiger partial charge in [-0.1, -0.05) is 25.0 Å². The van der Waals surface area contributed by atoms with Gasteiger partial charge < -0.3 is 15.0 Å². The summed E-state index contributed by atoms with van der Waals surface area (Å²) >= 11 is 0. The lowest BCUT2D eigenvalue weighted by Gasteiger charge is -2.34. The minimum atomic E-state index is -0.228.